The van der Waals surface area contributed by atoms with Gasteiger partial charge in [0.25, 0.3) is 3.79 Å². The summed E-state index contributed by atoms with van der Waals surface area (Å²) in [6.45, 7) is 11.3. The van der Waals surface area contributed by atoms with E-state index in [2.05, 4.69) is 39.2 Å². The van der Waals surface area contributed by atoms with Gasteiger partial charge >= 0.3 is 13.8 Å². The van der Waals surface area contributed by atoms with Crippen molar-refractivity contribution in [1.29, 1.82) is 5.41 Å². The van der Waals surface area contributed by atoms with Crippen LogP contribution < -0.4 is 0 Å². The maximum atomic E-state index is 14.0. The Balaban J connectivity index is 3.20. The summed E-state index contributed by atoms with van der Waals surface area (Å²) in [7, 11) is -1.27. The summed E-state index contributed by atoms with van der Waals surface area (Å²) in [6.07, 6.45) is 22.2. The number of halogens is 3. The second kappa shape index (κ2) is 35.3. The number of hydrogen-bond acceptors (Lipinski definition) is 12. The SMILES string of the molecule is C=CCOP(=O)(OCC=C)O[C@H]1[C@H](OCC[C@@H](CCCCCCC)OC)[C@@H](OC(=O)CCCCCCCCC/C=C\CCCCCC)[C@@H](OC(=N)C(Cl)(Cl)Cl)O[C@@H]1COC. The molecule has 1 rings (SSSR count). The number of unbranched alkanes of at least 4 members (excludes halogenated alkanes) is 15. The van der Waals surface area contributed by atoms with E-state index in [4.69, 9.17) is 82.2 Å². The lowest BCUT2D eigenvalue weighted by Crippen LogP contribution is -2.62. The van der Waals surface area contributed by atoms with Gasteiger partial charge in [0.1, 0.15) is 18.3 Å². The van der Waals surface area contributed by atoms with Gasteiger partial charge in [-0.05, 0) is 44.9 Å². The lowest BCUT2D eigenvalue weighted by Gasteiger charge is -2.45. The molecule has 0 amide bonds. The molecule has 1 heterocycles. The zero-order valence-electron chi connectivity index (χ0n) is 36.9. The molecule has 1 saturated heterocycles. The van der Waals surface area contributed by atoms with E-state index in [1.54, 1.807) is 7.11 Å². The molecule has 1 aliphatic heterocycles. The molecule has 0 radical (unpaired) electrons. The van der Waals surface area contributed by atoms with E-state index in [0.29, 0.717) is 12.8 Å². The monoisotopic (exact) mass is 931 g/mol. The Kier molecular flexibility index (Phi) is 33.6. The Hall–Kier alpha value is -1.02. The molecule has 6 atom stereocenters. The van der Waals surface area contributed by atoms with Crippen LogP contribution in [-0.2, 0) is 51.4 Å². The van der Waals surface area contributed by atoms with Crippen LogP contribution in [0.2, 0.25) is 0 Å². The molecule has 1 N–H and O–H groups in total. The average Bonchev–Trinajstić information content (AvgIpc) is 3.21. The summed E-state index contributed by atoms with van der Waals surface area (Å²) in [6, 6.07) is 0. The molecule has 1 aliphatic rings. The molecule has 0 saturated carbocycles. The molecule has 0 bridgehead atoms. The van der Waals surface area contributed by atoms with Crippen molar-refractivity contribution in [2.75, 3.05) is 40.6 Å². The highest BCUT2D eigenvalue weighted by atomic mass is 35.6. The number of phosphoric acid groups is 1. The van der Waals surface area contributed by atoms with Crippen LogP contribution in [0.4, 0.5) is 0 Å². The number of esters is 1. The van der Waals surface area contributed by atoms with Gasteiger partial charge in [-0.3, -0.25) is 23.8 Å². The third-order valence-electron chi connectivity index (χ3n) is 9.99. The second-order valence-electron chi connectivity index (χ2n) is 15.1. The zero-order chi connectivity index (χ0) is 44.5. The van der Waals surface area contributed by atoms with Gasteiger partial charge < -0.3 is 28.4 Å². The third-order valence-corrected chi connectivity index (χ3v) is 11.9. The first kappa shape index (κ1) is 57.0. The van der Waals surface area contributed by atoms with Crippen molar-refractivity contribution in [2.24, 2.45) is 0 Å². The number of methoxy groups -OCH3 is 2. The number of rotatable bonds is 38. The van der Waals surface area contributed by atoms with Crippen LogP contribution in [0.1, 0.15) is 149 Å². The Morgan fingerprint density at radius 1 is 0.767 bits per heavy atom. The second-order valence-corrected chi connectivity index (χ2v) is 19.0. The standard InChI is InChI=1S/C44H77Cl3NO11P/c1-7-11-13-15-16-17-18-19-20-21-22-23-24-26-28-30-38(49)57-41-40(53-34-31-36(52-6)29-27-25-14-12-8-2)39(59-60(50,54-32-9-3)55-33-10-4)37(35-51-5)56-42(41)58-43(48)44(45,46)47/h9-10,17-18,36-37,39-42,48H,3-4,7-8,11-16,19-35H2,1-2,5-6H3/b18-17-,48-43?/t36-,37-,39-,40+,41-,42-/m1/s1. The summed E-state index contributed by atoms with van der Waals surface area (Å²) < 4.78 is 64.8. The van der Waals surface area contributed by atoms with Gasteiger partial charge in [-0.15, -0.1) is 13.2 Å². The van der Waals surface area contributed by atoms with Gasteiger partial charge in [0, 0.05) is 27.2 Å². The number of hydrogen-bond donors (Lipinski definition) is 1. The van der Waals surface area contributed by atoms with Crippen LogP contribution in [0, 0.1) is 5.41 Å². The molecule has 0 aromatic rings. The normalized spacial score (nSPS) is 20.3. The fraction of sp³-hybridized carbons (Fsp3) is 0.818. The minimum atomic E-state index is -4.35. The predicted molar refractivity (Wildman–Crippen MR) is 242 cm³/mol. The number of carbonyl (C=O) groups excluding carboxylic acids is 1. The molecule has 0 aromatic carbocycles. The lowest BCUT2D eigenvalue weighted by molar-refractivity contribution is -0.292. The van der Waals surface area contributed by atoms with Gasteiger partial charge in [-0.25, -0.2) is 4.57 Å². The van der Waals surface area contributed by atoms with Crippen molar-refractivity contribution < 1.29 is 51.4 Å². The maximum Gasteiger partial charge on any atom is 0.475 e. The molecular weight excluding hydrogens is 856 g/mol. The largest absolute Gasteiger partial charge is 0.475 e. The fourth-order valence-electron chi connectivity index (χ4n) is 6.67. The summed E-state index contributed by atoms with van der Waals surface area (Å²) in [5.74, 6) is -1.34. The van der Waals surface area contributed by atoms with E-state index in [1.807, 2.05) is 0 Å². The van der Waals surface area contributed by atoms with Crippen molar-refractivity contribution in [3.05, 3.63) is 37.5 Å². The molecule has 60 heavy (non-hydrogen) atoms. The van der Waals surface area contributed by atoms with E-state index in [-0.39, 0.29) is 39.0 Å². The van der Waals surface area contributed by atoms with Crippen LogP contribution in [0.3, 0.4) is 0 Å². The van der Waals surface area contributed by atoms with Crippen molar-refractivity contribution in [2.45, 2.75) is 189 Å². The van der Waals surface area contributed by atoms with Gasteiger partial charge in [0.2, 0.25) is 12.2 Å². The fourth-order valence-corrected chi connectivity index (χ4v) is 8.13. The van der Waals surface area contributed by atoms with E-state index < -0.39 is 54.2 Å². The Bertz CT molecular complexity index is 1210. The Labute approximate surface area is 377 Å². The number of ether oxygens (including phenoxy) is 6. The minimum absolute atomic E-state index is 0.0983. The molecule has 1 fully saturated rings. The van der Waals surface area contributed by atoms with Crippen LogP contribution in [-0.4, -0.2) is 93.1 Å². The number of phosphoric ester groups is 1. The molecule has 0 aromatic heterocycles. The number of carbonyl (C=O) groups is 1. The van der Waals surface area contributed by atoms with Crippen molar-refractivity contribution in [3.8, 4) is 0 Å². The predicted octanol–water partition coefficient (Wildman–Crippen LogP) is 12.7. The first-order valence-electron chi connectivity index (χ1n) is 22.1. The Morgan fingerprint density at radius 3 is 1.87 bits per heavy atom. The van der Waals surface area contributed by atoms with Gasteiger partial charge in [0.15, 0.2) is 6.10 Å². The van der Waals surface area contributed by atoms with Crippen LogP contribution in [0.15, 0.2) is 37.5 Å². The molecule has 0 spiro atoms. The van der Waals surface area contributed by atoms with Crippen molar-refractivity contribution in [3.63, 3.8) is 0 Å². The van der Waals surface area contributed by atoms with Crippen LogP contribution in [0.25, 0.3) is 0 Å². The zero-order valence-corrected chi connectivity index (χ0v) is 40.1. The minimum Gasteiger partial charge on any atom is -0.453 e. The molecule has 0 aliphatic carbocycles. The number of allylic oxidation sites excluding steroid dienone is 2. The summed E-state index contributed by atoms with van der Waals surface area (Å²) in [5, 5.41) is 8.37. The Morgan fingerprint density at radius 2 is 1.32 bits per heavy atom. The molecule has 0 unspecified atom stereocenters. The van der Waals surface area contributed by atoms with Crippen LogP contribution >= 0.6 is 42.6 Å². The molecule has 350 valence electrons. The smallest absolute Gasteiger partial charge is 0.453 e. The average molecular weight is 933 g/mol. The van der Waals surface area contributed by atoms with E-state index in [1.165, 1.54) is 70.6 Å². The third kappa shape index (κ3) is 25.9. The number of nitrogens with one attached hydrogen (secondary N) is 1. The molecule has 16 heteroatoms. The maximum absolute atomic E-state index is 14.0. The summed E-state index contributed by atoms with van der Waals surface area (Å²) in [5.41, 5.74) is 0. The topological polar surface area (TPSA) is 141 Å². The quantitative estimate of drug-likeness (QED) is 0.0120. The van der Waals surface area contributed by atoms with Gasteiger partial charge in [0.05, 0.1) is 25.9 Å². The van der Waals surface area contributed by atoms with Crippen molar-refractivity contribution >= 4 is 54.5 Å². The molecule has 12 nitrogen and oxygen atoms in total. The highest BCUT2D eigenvalue weighted by Crippen LogP contribution is 2.53. The van der Waals surface area contributed by atoms with Gasteiger partial charge in [-0.1, -0.05) is 156 Å². The lowest BCUT2D eigenvalue weighted by atomic mass is 9.98. The van der Waals surface area contributed by atoms with Gasteiger partial charge in [-0.2, -0.15) is 0 Å². The first-order valence-corrected chi connectivity index (χ1v) is 24.7. The molecular formula is C44H77Cl3NO11P. The highest BCUT2D eigenvalue weighted by molar-refractivity contribution is 7.48. The van der Waals surface area contributed by atoms with Crippen molar-refractivity contribution in [1.82, 2.24) is 0 Å². The number of alkyl halides is 3. The summed E-state index contributed by atoms with van der Waals surface area (Å²) in [4.78, 5) is 13.6. The van der Waals surface area contributed by atoms with E-state index >= 15 is 0 Å². The van der Waals surface area contributed by atoms with Crippen LogP contribution in [0.5, 0.6) is 0 Å². The van der Waals surface area contributed by atoms with E-state index in [0.717, 1.165) is 64.2 Å². The first-order chi connectivity index (χ1) is 28.9. The summed E-state index contributed by atoms with van der Waals surface area (Å²) >= 11 is 18.1. The highest BCUT2D eigenvalue weighted by Gasteiger charge is 2.54. The van der Waals surface area contributed by atoms with E-state index in [9.17, 15) is 9.36 Å².